The van der Waals surface area contributed by atoms with Gasteiger partial charge in [-0.15, -0.1) is 0 Å². The van der Waals surface area contributed by atoms with Crippen LogP contribution in [0.5, 0.6) is 5.88 Å². The van der Waals surface area contributed by atoms with Crippen molar-refractivity contribution in [2.45, 2.75) is 32.3 Å². The van der Waals surface area contributed by atoms with Crippen molar-refractivity contribution in [1.82, 2.24) is 9.88 Å². The number of hydrogen-bond acceptors (Lipinski definition) is 4. The summed E-state index contributed by atoms with van der Waals surface area (Å²) in [5, 5.41) is 0. The summed E-state index contributed by atoms with van der Waals surface area (Å²) in [6.45, 7) is 6.98. The van der Waals surface area contributed by atoms with Crippen molar-refractivity contribution in [1.29, 1.82) is 0 Å². The molecule has 0 bridgehead atoms. The van der Waals surface area contributed by atoms with Crippen LogP contribution >= 0.6 is 0 Å². The Morgan fingerprint density at radius 2 is 2.05 bits per heavy atom. The first-order valence-corrected chi connectivity index (χ1v) is 6.37. The van der Waals surface area contributed by atoms with Crippen molar-refractivity contribution in [2.24, 2.45) is 0 Å². The van der Waals surface area contributed by atoms with Crippen LogP contribution in [0.2, 0.25) is 0 Å². The first-order chi connectivity index (χ1) is 8.89. The van der Waals surface area contributed by atoms with Crippen LogP contribution in [0.25, 0.3) is 0 Å². The highest BCUT2D eigenvalue weighted by Gasteiger charge is 2.34. The van der Waals surface area contributed by atoms with Crippen LogP contribution in [0.3, 0.4) is 0 Å². The molecule has 19 heavy (non-hydrogen) atoms. The van der Waals surface area contributed by atoms with Gasteiger partial charge in [-0.05, 0) is 26.3 Å². The van der Waals surface area contributed by atoms with Gasteiger partial charge in [-0.25, -0.2) is 9.78 Å². The van der Waals surface area contributed by atoms with Crippen molar-refractivity contribution in [3.63, 3.8) is 0 Å². The van der Waals surface area contributed by atoms with Gasteiger partial charge in [-0.3, -0.25) is 0 Å². The standard InChI is InChI=1S/C14H20N2O3/c1-14(2,3)19-13(17)16-8-11(9-16)10-5-6-12(18-4)15-7-10/h5-7,11H,8-9H2,1-4H3. The highest BCUT2D eigenvalue weighted by Crippen LogP contribution is 2.28. The smallest absolute Gasteiger partial charge is 0.410 e. The molecular weight excluding hydrogens is 244 g/mol. The monoisotopic (exact) mass is 264 g/mol. The average Bonchev–Trinajstić information content (AvgIpc) is 2.25. The van der Waals surface area contributed by atoms with E-state index in [0.29, 0.717) is 24.9 Å². The third kappa shape index (κ3) is 3.36. The summed E-state index contributed by atoms with van der Waals surface area (Å²) in [6, 6.07) is 3.83. The van der Waals surface area contributed by atoms with Gasteiger partial charge in [0.1, 0.15) is 5.60 Å². The van der Waals surface area contributed by atoms with Gasteiger partial charge in [0.05, 0.1) is 7.11 Å². The largest absolute Gasteiger partial charge is 0.481 e. The quantitative estimate of drug-likeness (QED) is 0.823. The van der Waals surface area contributed by atoms with Gasteiger partial charge in [0.25, 0.3) is 0 Å². The lowest BCUT2D eigenvalue weighted by Crippen LogP contribution is -2.50. The van der Waals surface area contributed by atoms with Crippen molar-refractivity contribution in [3.8, 4) is 5.88 Å². The molecule has 5 nitrogen and oxygen atoms in total. The summed E-state index contributed by atoms with van der Waals surface area (Å²) >= 11 is 0. The predicted octanol–water partition coefficient (Wildman–Crippen LogP) is 2.42. The summed E-state index contributed by atoms with van der Waals surface area (Å²) in [5.41, 5.74) is 0.685. The van der Waals surface area contributed by atoms with E-state index >= 15 is 0 Å². The Hall–Kier alpha value is -1.78. The number of nitrogens with zero attached hydrogens (tertiary/aromatic N) is 2. The molecule has 0 aliphatic carbocycles. The zero-order valence-corrected chi connectivity index (χ0v) is 11.8. The Kier molecular flexibility index (Phi) is 3.64. The highest BCUT2D eigenvalue weighted by molar-refractivity contribution is 5.69. The molecule has 104 valence electrons. The second-order valence-corrected chi connectivity index (χ2v) is 5.72. The minimum atomic E-state index is -0.441. The molecule has 0 atom stereocenters. The van der Waals surface area contributed by atoms with Crippen molar-refractivity contribution >= 4 is 6.09 Å². The van der Waals surface area contributed by atoms with Crippen LogP contribution in [0.4, 0.5) is 4.79 Å². The minimum Gasteiger partial charge on any atom is -0.481 e. The molecule has 0 N–H and O–H groups in total. The fourth-order valence-electron chi connectivity index (χ4n) is 1.92. The van der Waals surface area contributed by atoms with Crippen molar-refractivity contribution in [2.75, 3.05) is 20.2 Å². The third-order valence-electron chi connectivity index (χ3n) is 2.97. The topological polar surface area (TPSA) is 51.7 Å². The molecule has 2 rings (SSSR count). The highest BCUT2D eigenvalue weighted by atomic mass is 16.6. The van der Waals surface area contributed by atoms with Crippen LogP contribution in [0, 0.1) is 0 Å². The van der Waals surface area contributed by atoms with Crippen LogP contribution in [-0.2, 0) is 4.74 Å². The molecule has 1 aliphatic rings. The molecule has 0 radical (unpaired) electrons. The van der Waals surface area contributed by atoms with E-state index in [0.717, 1.165) is 5.56 Å². The number of ether oxygens (including phenoxy) is 2. The molecule has 0 spiro atoms. The van der Waals surface area contributed by atoms with Gasteiger partial charge in [-0.2, -0.15) is 0 Å². The molecule has 1 aromatic rings. The number of carbonyl (C=O) groups excluding carboxylic acids is 1. The number of methoxy groups -OCH3 is 1. The summed E-state index contributed by atoms with van der Waals surface area (Å²) in [6.07, 6.45) is 1.56. The molecule has 2 heterocycles. The van der Waals surface area contributed by atoms with E-state index in [4.69, 9.17) is 9.47 Å². The fourth-order valence-corrected chi connectivity index (χ4v) is 1.92. The van der Waals surface area contributed by atoms with Gasteiger partial charge in [-0.1, -0.05) is 6.07 Å². The molecule has 1 saturated heterocycles. The van der Waals surface area contributed by atoms with Gasteiger partial charge < -0.3 is 14.4 Å². The minimum absolute atomic E-state index is 0.245. The maximum atomic E-state index is 11.8. The lowest BCUT2D eigenvalue weighted by molar-refractivity contribution is 0.00816. The molecule has 1 aromatic heterocycles. The fraction of sp³-hybridized carbons (Fsp3) is 0.571. The van der Waals surface area contributed by atoms with E-state index < -0.39 is 5.60 Å². The summed E-state index contributed by atoms with van der Waals surface area (Å²) < 4.78 is 10.3. The average molecular weight is 264 g/mol. The zero-order valence-electron chi connectivity index (χ0n) is 11.8. The number of pyridine rings is 1. The number of likely N-dealkylation sites (tertiary alicyclic amines) is 1. The summed E-state index contributed by atoms with van der Waals surface area (Å²) in [4.78, 5) is 17.7. The van der Waals surface area contributed by atoms with Gasteiger partial charge >= 0.3 is 6.09 Å². The van der Waals surface area contributed by atoms with E-state index in [2.05, 4.69) is 4.98 Å². The molecule has 0 saturated carbocycles. The van der Waals surface area contributed by atoms with Crippen LogP contribution < -0.4 is 4.74 Å². The van der Waals surface area contributed by atoms with Gasteiger partial charge in [0.2, 0.25) is 5.88 Å². The molecule has 5 heteroatoms. The Balaban J connectivity index is 1.87. The van der Waals surface area contributed by atoms with Crippen LogP contribution in [0.15, 0.2) is 18.3 Å². The van der Waals surface area contributed by atoms with E-state index in [1.54, 1.807) is 18.2 Å². The SMILES string of the molecule is COc1ccc(C2CN(C(=O)OC(C)(C)C)C2)cn1. The Bertz CT molecular complexity index is 445. The molecule has 0 aromatic carbocycles. The number of hydrogen-bond donors (Lipinski definition) is 0. The van der Waals surface area contributed by atoms with Gasteiger partial charge in [0, 0.05) is 31.3 Å². The first kappa shape index (κ1) is 13.6. The second-order valence-electron chi connectivity index (χ2n) is 5.72. The third-order valence-corrected chi connectivity index (χ3v) is 2.97. The summed E-state index contributed by atoms with van der Waals surface area (Å²) in [5.74, 6) is 0.943. The first-order valence-electron chi connectivity index (χ1n) is 6.37. The predicted molar refractivity (Wildman–Crippen MR) is 71.3 cm³/mol. The molecule has 0 unspecified atom stereocenters. The van der Waals surface area contributed by atoms with E-state index in [1.165, 1.54) is 0 Å². The molecule has 1 fully saturated rings. The Morgan fingerprint density at radius 3 is 2.53 bits per heavy atom. The maximum absolute atomic E-state index is 11.8. The van der Waals surface area contributed by atoms with E-state index in [1.807, 2.05) is 32.9 Å². The second kappa shape index (κ2) is 5.07. The van der Waals surface area contributed by atoms with Crippen molar-refractivity contribution < 1.29 is 14.3 Å². The van der Waals surface area contributed by atoms with E-state index in [-0.39, 0.29) is 6.09 Å². The van der Waals surface area contributed by atoms with Crippen LogP contribution in [0.1, 0.15) is 32.3 Å². The number of rotatable bonds is 2. The number of carbonyl (C=O) groups is 1. The molecule has 1 amide bonds. The maximum Gasteiger partial charge on any atom is 0.410 e. The van der Waals surface area contributed by atoms with E-state index in [9.17, 15) is 4.79 Å². The lowest BCUT2D eigenvalue weighted by atomic mass is 9.93. The molecule has 1 aliphatic heterocycles. The molecular formula is C14H20N2O3. The normalized spacial score (nSPS) is 15.9. The van der Waals surface area contributed by atoms with Gasteiger partial charge in [0.15, 0.2) is 0 Å². The number of aromatic nitrogens is 1. The lowest BCUT2D eigenvalue weighted by Gasteiger charge is -2.39. The zero-order chi connectivity index (χ0) is 14.0. The number of amides is 1. The Labute approximate surface area is 113 Å². The van der Waals surface area contributed by atoms with Crippen LogP contribution in [-0.4, -0.2) is 41.8 Å². The Morgan fingerprint density at radius 1 is 1.37 bits per heavy atom. The summed E-state index contributed by atoms with van der Waals surface area (Å²) in [7, 11) is 1.59. The van der Waals surface area contributed by atoms with Crippen molar-refractivity contribution in [3.05, 3.63) is 23.9 Å².